The highest BCUT2D eigenvalue weighted by atomic mass is 35.5. The van der Waals surface area contributed by atoms with Crippen molar-refractivity contribution in [3.63, 3.8) is 0 Å². The van der Waals surface area contributed by atoms with Crippen molar-refractivity contribution in [1.82, 2.24) is 10.2 Å². The van der Waals surface area contributed by atoms with Gasteiger partial charge in [0, 0.05) is 24.2 Å². The Labute approximate surface area is 139 Å². The second kappa shape index (κ2) is 8.54. The zero-order valence-electron chi connectivity index (χ0n) is 13.6. The summed E-state index contributed by atoms with van der Waals surface area (Å²) >= 11 is 6.24. The molecule has 0 radical (unpaired) electrons. The molecule has 2 atom stereocenters. The maximum atomic E-state index is 12.4. The van der Waals surface area contributed by atoms with E-state index in [0.717, 1.165) is 55.9 Å². The molecule has 3 nitrogen and oxygen atoms in total. The Morgan fingerprint density at radius 3 is 2.95 bits per heavy atom. The molecule has 2 unspecified atom stereocenters. The summed E-state index contributed by atoms with van der Waals surface area (Å²) in [4.78, 5) is 14.7. The first-order chi connectivity index (χ1) is 10.6. The molecule has 1 aromatic rings. The Hall–Kier alpha value is -1.06. The third-order valence-electron chi connectivity index (χ3n) is 4.34. The molecule has 1 aromatic carbocycles. The van der Waals surface area contributed by atoms with Crippen molar-refractivity contribution in [3.8, 4) is 0 Å². The molecule has 1 saturated heterocycles. The molecule has 0 bridgehead atoms. The molecule has 0 aromatic heterocycles. The Balaban J connectivity index is 1.89. The van der Waals surface area contributed by atoms with Crippen molar-refractivity contribution in [2.45, 2.75) is 52.1 Å². The number of carbonyl (C=O) groups is 1. The number of piperidine rings is 1. The largest absolute Gasteiger partial charge is 0.353 e. The number of hydrogen-bond donors (Lipinski definition) is 1. The molecule has 1 amide bonds. The fourth-order valence-corrected chi connectivity index (χ4v) is 3.34. The van der Waals surface area contributed by atoms with Gasteiger partial charge in [0.15, 0.2) is 0 Å². The van der Waals surface area contributed by atoms with Crippen molar-refractivity contribution in [2.75, 3.05) is 13.1 Å². The average molecular weight is 323 g/mol. The van der Waals surface area contributed by atoms with Crippen LogP contribution in [0.3, 0.4) is 0 Å². The van der Waals surface area contributed by atoms with Crippen LogP contribution in [0, 0.1) is 5.92 Å². The molecule has 1 heterocycles. The van der Waals surface area contributed by atoms with E-state index in [1.165, 1.54) is 0 Å². The molecule has 1 fully saturated rings. The van der Waals surface area contributed by atoms with Crippen LogP contribution >= 0.6 is 11.6 Å². The normalized spacial score (nSPS) is 20.6. The molecule has 122 valence electrons. The number of rotatable bonds is 6. The van der Waals surface area contributed by atoms with Gasteiger partial charge in [-0.1, -0.05) is 43.1 Å². The van der Waals surface area contributed by atoms with Crippen LogP contribution in [0.2, 0.25) is 5.02 Å². The fraction of sp³-hybridized carbons (Fsp3) is 0.611. The van der Waals surface area contributed by atoms with E-state index in [2.05, 4.69) is 30.1 Å². The van der Waals surface area contributed by atoms with Gasteiger partial charge >= 0.3 is 0 Å². The average Bonchev–Trinajstić information content (AvgIpc) is 2.50. The molecule has 1 N–H and O–H groups in total. The predicted octanol–water partition coefficient (Wildman–Crippen LogP) is 3.86. The van der Waals surface area contributed by atoms with Gasteiger partial charge in [0.25, 0.3) is 0 Å². The van der Waals surface area contributed by atoms with Gasteiger partial charge < -0.3 is 5.32 Å². The van der Waals surface area contributed by atoms with E-state index >= 15 is 0 Å². The van der Waals surface area contributed by atoms with Gasteiger partial charge in [-0.25, -0.2) is 0 Å². The van der Waals surface area contributed by atoms with E-state index in [4.69, 9.17) is 11.6 Å². The summed E-state index contributed by atoms with van der Waals surface area (Å²) in [6.45, 7) is 6.93. The lowest BCUT2D eigenvalue weighted by atomic mass is 9.96. The first kappa shape index (κ1) is 17.3. The summed E-state index contributed by atoms with van der Waals surface area (Å²) in [7, 11) is 0. The Kier molecular flexibility index (Phi) is 6.71. The van der Waals surface area contributed by atoms with Crippen molar-refractivity contribution in [1.29, 1.82) is 0 Å². The zero-order chi connectivity index (χ0) is 15.9. The third-order valence-corrected chi connectivity index (χ3v) is 4.71. The SMILES string of the molecule is CCCC(C)NC(=O)C1CCCN(Cc2ccccc2Cl)C1. The van der Waals surface area contributed by atoms with Gasteiger partial charge in [0.05, 0.1) is 5.92 Å². The van der Waals surface area contributed by atoms with Crippen LogP contribution in [0.1, 0.15) is 45.1 Å². The minimum Gasteiger partial charge on any atom is -0.353 e. The van der Waals surface area contributed by atoms with Crippen molar-refractivity contribution >= 4 is 17.5 Å². The van der Waals surface area contributed by atoms with Crippen molar-refractivity contribution in [3.05, 3.63) is 34.9 Å². The van der Waals surface area contributed by atoms with Gasteiger partial charge in [-0.05, 0) is 44.4 Å². The van der Waals surface area contributed by atoms with E-state index in [1.54, 1.807) is 0 Å². The van der Waals surface area contributed by atoms with Crippen molar-refractivity contribution in [2.24, 2.45) is 5.92 Å². The summed E-state index contributed by atoms with van der Waals surface area (Å²) in [5.74, 6) is 0.320. The number of halogens is 1. The van der Waals surface area contributed by atoms with Gasteiger partial charge in [-0.15, -0.1) is 0 Å². The second-order valence-corrected chi connectivity index (χ2v) is 6.77. The predicted molar refractivity (Wildman–Crippen MR) is 92.0 cm³/mol. The monoisotopic (exact) mass is 322 g/mol. The Morgan fingerprint density at radius 1 is 1.45 bits per heavy atom. The van der Waals surface area contributed by atoms with Crippen LogP contribution in [0.25, 0.3) is 0 Å². The van der Waals surface area contributed by atoms with E-state index < -0.39 is 0 Å². The number of carbonyl (C=O) groups excluding carboxylic acids is 1. The number of nitrogens with one attached hydrogen (secondary N) is 1. The maximum absolute atomic E-state index is 12.4. The number of hydrogen-bond acceptors (Lipinski definition) is 2. The van der Waals surface area contributed by atoms with E-state index in [0.29, 0.717) is 0 Å². The van der Waals surface area contributed by atoms with Crippen molar-refractivity contribution < 1.29 is 4.79 Å². The zero-order valence-corrected chi connectivity index (χ0v) is 14.4. The topological polar surface area (TPSA) is 32.3 Å². The lowest BCUT2D eigenvalue weighted by Crippen LogP contribution is -2.45. The van der Waals surface area contributed by atoms with E-state index in [9.17, 15) is 4.79 Å². The highest BCUT2D eigenvalue weighted by molar-refractivity contribution is 6.31. The summed E-state index contributed by atoms with van der Waals surface area (Å²) in [6, 6.07) is 8.23. The molecule has 4 heteroatoms. The van der Waals surface area contributed by atoms with Gasteiger partial charge in [0.2, 0.25) is 5.91 Å². The van der Waals surface area contributed by atoms with Crippen LogP contribution in [0.15, 0.2) is 24.3 Å². The summed E-state index contributed by atoms with van der Waals surface area (Å²) < 4.78 is 0. The molecule has 0 aliphatic carbocycles. The van der Waals surface area contributed by atoms with Crippen LogP contribution in [0.4, 0.5) is 0 Å². The minimum atomic E-state index is 0.107. The van der Waals surface area contributed by atoms with Crippen LogP contribution in [-0.2, 0) is 11.3 Å². The molecule has 2 rings (SSSR count). The first-order valence-electron chi connectivity index (χ1n) is 8.36. The highest BCUT2D eigenvalue weighted by Crippen LogP contribution is 2.22. The number of amides is 1. The van der Waals surface area contributed by atoms with Crippen LogP contribution in [-0.4, -0.2) is 29.9 Å². The van der Waals surface area contributed by atoms with Gasteiger partial charge in [0.1, 0.15) is 0 Å². The first-order valence-corrected chi connectivity index (χ1v) is 8.74. The molecule has 0 spiro atoms. The Morgan fingerprint density at radius 2 is 2.23 bits per heavy atom. The van der Waals surface area contributed by atoms with Gasteiger partial charge in [-0.3, -0.25) is 9.69 Å². The standard InChI is InChI=1S/C18H27ClN2O/c1-3-7-14(2)20-18(22)16-9-6-11-21(13-16)12-15-8-4-5-10-17(15)19/h4-5,8,10,14,16H,3,6-7,9,11-13H2,1-2H3,(H,20,22). The van der Waals surface area contributed by atoms with E-state index in [1.807, 2.05) is 18.2 Å². The molecule has 0 saturated carbocycles. The molecular formula is C18H27ClN2O. The fourth-order valence-electron chi connectivity index (χ4n) is 3.15. The highest BCUT2D eigenvalue weighted by Gasteiger charge is 2.26. The lowest BCUT2D eigenvalue weighted by molar-refractivity contribution is -0.127. The van der Waals surface area contributed by atoms with Crippen LogP contribution < -0.4 is 5.32 Å². The van der Waals surface area contributed by atoms with E-state index in [-0.39, 0.29) is 17.9 Å². The molecule has 1 aliphatic heterocycles. The minimum absolute atomic E-state index is 0.107. The number of likely N-dealkylation sites (tertiary alicyclic amines) is 1. The number of nitrogens with zero attached hydrogens (tertiary/aromatic N) is 1. The summed E-state index contributed by atoms with van der Waals surface area (Å²) in [6.07, 6.45) is 4.21. The molecule has 1 aliphatic rings. The van der Waals surface area contributed by atoms with Gasteiger partial charge in [-0.2, -0.15) is 0 Å². The Bertz CT molecular complexity index is 492. The summed E-state index contributed by atoms with van der Waals surface area (Å²) in [5, 5.41) is 3.97. The third kappa shape index (κ3) is 4.99. The lowest BCUT2D eigenvalue weighted by Gasteiger charge is -2.32. The summed E-state index contributed by atoms with van der Waals surface area (Å²) in [5.41, 5.74) is 1.14. The molecule has 22 heavy (non-hydrogen) atoms. The quantitative estimate of drug-likeness (QED) is 0.862. The van der Waals surface area contributed by atoms with Crippen LogP contribution in [0.5, 0.6) is 0 Å². The smallest absolute Gasteiger partial charge is 0.224 e. The maximum Gasteiger partial charge on any atom is 0.224 e. The number of benzene rings is 1. The second-order valence-electron chi connectivity index (χ2n) is 6.36. The molecular weight excluding hydrogens is 296 g/mol.